The summed E-state index contributed by atoms with van der Waals surface area (Å²) in [5.74, 6) is 0. The van der Waals surface area contributed by atoms with E-state index in [4.69, 9.17) is 11.6 Å². The van der Waals surface area contributed by atoms with Crippen molar-refractivity contribution in [3.63, 3.8) is 0 Å². The maximum absolute atomic E-state index is 11.8. The van der Waals surface area contributed by atoms with Gasteiger partial charge in [-0.2, -0.15) is 5.06 Å². The van der Waals surface area contributed by atoms with Gasteiger partial charge in [0.15, 0.2) is 6.23 Å². The Balaban J connectivity index is 2.44. The Hall–Kier alpha value is -1.30. The first-order chi connectivity index (χ1) is 7.85. The van der Waals surface area contributed by atoms with Crippen LogP contribution in [0.15, 0.2) is 24.3 Å². The van der Waals surface area contributed by atoms with Gasteiger partial charge in [-0.15, -0.1) is 0 Å². The van der Waals surface area contributed by atoms with Gasteiger partial charge in [-0.05, 0) is 32.0 Å². The van der Waals surface area contributed by atoms with E-state index in [1.807, 2.05) is 0 Å². The van der Waals surface area contributed by atoms with Gasteiger partial charge in [0, 0.05) is 10.7 Å². The van der Waals surface area contributed by atoms with Crippen molar-refractivity contribution in [2.75, 3.05) is 4.90 Å². The number of urea groups is 1. The number of rotatable bonds is 1. The molecule has 0 spiro atoms. The average molecular weight is 257 g/mol. The van der Waals surface area contributed by atoms with Crippen molar-refractivity contribution in [2.45, 2.75) is 25.6 Å². The molecule has 0 bridgehead atoms. The number of hydrogen-bond acceptors (Lipinski definition) is 3. The van der Waals surface area contributed by atoms with Gasteiger partial charge in [0.25, 0.3) is 0 Å². The van der Waals surface area contributed by atoms with E-state index >= 15 is 0 Å². The fourth-order valence-corrected chi connectivity index (χ4v) is 1.94. The van der Waals surface area contributed by atoms with Crippen molar-refractivity contribution < 1.29 is 15.1 Å². The molecular formula is C11H13ClN2O3. The summed E-state index contributed by atoms with van der Waals surface area (Å²) in [5.41, 5.74) is -0.626. The number of carbonyl (C=O) groups is 1. The van der Waals surface area contributed by atoms with Crippen LogP contribution in [0, 0.1) is 0 Å². The lowest BCUT2D eigenvalue weighted by atomic mass is 10.0. The van der Waals surface area contributed by atoms with Crippen LogP contribution < -0.4 is 4.90 Å². The fourth-order valence-electron chi connectivity index (χ4n) is 1.76. The Morgan fingerprint density at radius 1 is 1.41 bits per heavy atom. The van der Waals surface area contributed by atoms with Crippen LogP contribution >= 0.6 is 11.6 Å². The number of hydrogen-bond donors (Lipinski definition) is 2. The second-order valence-corrected chi connectivity index (χ2v) is 4.91. The summed E-state index contributed by atoms with van der Waals surface area (Å²) >= 11 is 5.83. The number of aliphatic hydroxyl groups excluding tert-OH is 1. The monoisotopic (exact) mass is 256 g/mol. The first kappa shape index (κ1) is 12.2. The summed E-state index contributed by atoms with van der Waals surface area (Å²) in [7, 11) is 0. The zero-order chi connectivity index (χ0) is 12.8. The third kappa shape index (κ3) is 1.76. The Morgan fingerprint density at radius 2 is 2.06 bits per heavy atom. The van der Waals surface area contributed by atoms with Gasteiger partial charge in [-0.25, -0.2) is 4.79 Å². The van der Waals surface area contributed by atoms with Crippen LogP contribution in [-0.4, -0.2) is 33.2 Å². The van der Waals surface area contributed by atoms with Crippen molar-refractivity contribution in [3.05, 3.63) is 29.3 Å². The van der Waals surface area contributed by atoms with E-state index in [9.17, 15) is 15.1 Å². The summed E-state index contributed by atoms with van der Waals surface area (Å²) in [6.07, 6.45) is -1.14. The predicted molar refractivity (Wildman–Crippen MR) is 63.0 cm³/mol. The van der Waals surface area contributed by atoms with Crippen LogP contribution in [-0.2, 0) is 0 Å². The minimum absolute atomic E-state index is 0.444. The van der Waals surface area contributed by atoms with Gasteiger partial charge in [0.1, 0.15) is 5.54 Å². The molecule has 0 saturated carbocycles. The van der Waals surface area contributed by atoms with Gasteiger partial charge < -0.3 is 5.11 Å². The molecule has 1 fully saturated rings. The van der Waals surface area contributed by atoms with E-state index in [-0.39, 0.29) is 0 Å². The van der Waals surface area contributed by atoms with Crippen LogP contribution in [0.1, 0.15) is 13.8 Å². The molecule has 0 radical (unpaired) electrons. The molecule has 2 amide bonds. The third-order valence-corrected chi connectivity index (χ3v) is 3.13. The second kappa shape index (κ2) is 3.87. The average Bonchev–Trinajstić information content (AvgIpc) is 2.41. The molecule has 6 heteroatoms. The summed E-state index contributed by atoms with van der Waals surface area (Å²) in [6, 6.07) is 5.86. The topological polar surface area (TPSA) is 64.0 Å². The Bertz CT molecular complexity index is 464. The quantitative estimate of drug-likeness (QED) is 0.756. The molecule has 1 atom stereocenters. The number of benzene rings is 1. The van der Waals surface area contributed by atoms with Crippen LogP contribution in [0.2, 0.25) is 5.02 Å². The zero-order valence-corrected chi connectivity index (χ0v) is 10.2. The van der Waals surface area contributed by atoms with Crippen LogP contribution in [0.5, 0.6) is 0 Å². The summed E-state index contributed by atoms with van der Waals surface area (Å²) < 4.78 is 0. The van der Waals surface area contributed by atoms with Crippen LogP contribution in [0.25, 0.3) is 0 Å². The lowest BCUT2D eigenvalue weighted by Crippen LogP contribution is -2.45. The summed E-state index contributed by atoms with van der Waals surface area (Å²) in [6.45, 7) is 3.14. The number of amides is 2. The van der Waals surface area contributed by atoms with Crippen molar-refractivity contribution >= 4 is 23.3 Å². The van der Waals surface area contributed by atoms with E-state index in [0.29, 0.717) is 15.8 Å². The number of hydroxylamine groups is 2. The number of nitrogens with zero attached hydrogens (tertiary/aromatic N) is 2. The van der Waals surface area contributed by atoms with Gasteiger partial charge in [-0.3, -0.25) is 10.1 Å². The highest BCUT2D eigenvalue weighted by molar-refractivity contribution is 6.30. The van der Waals surface area contributed by atoms with Crippen LogP contribution in [0.3, 0.4) is 0 Å². The van der Waals surface area contributed by atoms with E-state index in [0.717, 1.165) is 4.90 Å². The molecule has 5 nitrogen and oxygen atoms in total. The number of halogens is 1. The van der Waals surface area contributed by atoms with Gasteiger partial charge in [-0.1, -0.05) is 17.7 Å². The van der Waals surface area contributed by atoms with Gasteiger partial charge >= 0.3 is 6.03 Å². The normalized spacial score (nSPS) is 23.4. The molecule has 1 aliphatic rings. The summed E-state index contributed by atoms with van der Waals surface area (Å²) in [5, 5.41) is 20.7. The molecule has 0 aromatic heterocycles. The van der Waals surface area contributed by atoms with Crippen molar-refractivity contribution in [3.8, 4) is 0 Å². The molecule has 17 heavy (non-hydrogen) atoms. The molecule has 2 rings (SSSR count). The summed E-state index contributed by atoms with van der Waals surface area (Å²) in [4.78, 5) is 12.9. The smallest absolute Gasteiger partial charge is 0.351 e. The zero-order valence-electron chi connectivity index (χ0n) is 9.46. The molecule has 0 aliphatic carbocycles. The first-order valence-corrected chi connectivity index (χ1v) is 5.49. The van der Waals surface area contributed by atoms with E-state index in [1.165, 1.54) is 0 Å². The Labute approximate surface area is 104 Å². The molecule has 1 heterocycles. The number of carbonyl (C=O) groups excluding carboxylic acids is 1. The first-order valence-electron chi connectivity index (χ1n) is 5.11. The fraction of sp³-hybridized carbons (Fsp3) is 0.364. The Kier molecular flexibility index (Phi) is 2.77. The standard InChI is InChI=1S/C11H13ClN2O3/c1-11(2)9(15)13(10(16)14(11)17)8-5-3-4-7(12)6-8/h3-6,9,15,17H,1-2H3. The maximum atomic E-state index is 11.8. The number of aliphatic hydroxyl groups is 1. The van der Waals surface area contributed by atoms with Crippen molar-refractivity contribution in [1.82, 2.24) is 5.06 Å². The third-order valence-electron chi connectivity index (χ3n) is 2.90. The van der Waals surface area contributed by atoms with Crippen LogP contribution in [0.4, 0.5) is 10.5 Å². The van der Waals surface area contributed by atoms with E-state index in [1.54, 1.807) is 38.1 Å². The SMILES string of the molecule is CC1(C)C(O)N(c2cccc(Cl)c2)C(=O)N1O. The highest BCUT2D eigenvalue weighted by Crippen LogP contribution is 2.34. The molecule has 92 valence electrons. The highest BCUT2D eigenvalue weighted by atomic mass is 35.5. The van der Waals surface area contributed by atoms with Gasteiger partial charge in [0.05, 0.1) is 0 Å². The molecule has 2 N–H and O–H groups in total. The Morgan fingerprint density at radius 3 is 2.53 bits per heavy atom. The molecule has 1 saturated heterocycles. The second-order valence-electron chi connectivity index (χ2n) is 4.47. The molecule has 1 aromatic rings. The maximum Gasteiger partial charge on any atom is 0.351 e. The lowest BCUT2D eigenvalue weighted by Gasteiger charge is -2.27. The largest absolute Gasteiger partial charge is 0.371 e. The van der Waals surface area contributed by atoms with E-state index < -0.39 is 17.8 Å². The molecule has 1 aliphatic heterocycles. The predicted octanol–water partition coefficient (Wildman–Crippen LogP) is 2.07. The van der Waals surface area contributed by atoms with Crippen molar-refractivity contribution in [1.29, 1.82) is 0 Å². The molecule has 1 unspecified atom stereocenters. The van der Waals surface area contributed by atoms with Crippen molar-refractivity contribution in [2.24, 2.45) is 0 Å². The van der Waals surface area contributed by atoms with Gasteiger partial charge in [0.2, 0.25) is 0 Å². The number of anilines is 1. The minimum Gasteiger partial charge on any atom is -0.371 e. The minimum atomic E-state index is -1.14. The highest BCUT2D eigenvalue weighted by Gasteiger charge is 2.51. The van der Waals surface area contributed by atoms with E-state index in [2.05, 4.69) is 0 Å². The molecule has 1 aromatic carbocycles. The molecular weight excluding hydrogens is 244 g/mol. The lowest BCUT2D eigenvalue weighted by molar-refractivity contribution is -0.121.